The van der Waals surface area contributed by atoms with Crippen LogP contribution in [-0.4, -0.2) is 29.4 Å². The molecule has 1 rings (SSSR count). The predicted molar refractivity (Wildman–Crippen MR) is 59.2 cm³/mol. The standard InChI is InChI=1S/C11H12F4O2S/c12-9-3-1-4-10(7-9)18(16)6-2-5-17-8-11(13,14)15/h1,3-4,7H,2,5-6,8H2. The number of halogens is 4. The van der Waals surface area contributed by atoms with Crippen molar-refractivity contribution >= 4 is 10.8 Å². The Balaban J connectivity index is 2.26. The van der Waals surface area contributed by atoms with Gasteiger partial charge in [0.15, 0.2) is 0 Å². The van der Waals surface area contributed by atoms with Crippen LogP contribution in [-0.2, 0) is 15.5 Å². The second-order valence-electron chi connectivity index (χ2n) is 3.53. The Hall–Kier alpha value is -0.950. The monoisotopic (exact) mass is 284 g/mol. The molecule has 0 saturated heterocycles. The van der Waals surface area contributed by atoms with Crippen molar-refractivity contribution in [3.63, 3.8) is 0 Å². The van der Waals surface area contributed by atoms with E-state index in [9.17, 15) is 21.8 Å². The van der Waals surface area contributed by atoms with Crippen LogP contribution in [0.25, 0.3) is 0 Å². The van der Waals surface area contributed by atoms with E-state index >= 15 is 0 Å². The van der Waals surface area contributed by atoms with Crippen molar-refractivity contribution in [2.24, 2.45) is 0 Å². The first-order valence-corrected chi connectivity index (χ1v) is 6.49. The highest BCUT2D eigenvalue weighted by Gasteiger charge is 2.27. The van der Waals surface area contributed by atoms with Gasteiger partial charge in [-0.3, -0.25) is 4.21 Å². The molecule has 1 aromatic carbocycles. The van der Waals surface area contributed by atoms with E-state index in [0.29, 0.717) is 4.90 Å². The highest BCUT2D eigenvalue weighted by atomic mass is 32.2. The van der Waals surface area contributed by atoms with E-state index in [1.807, 2.05) is 0 Å². The van der Waals surface area contributed by atoms with E-state index in [2.05, 4.69) is 4.74 Å². The molecule has 0 N–H and O–H groups in total. The summed E-state index contributed by atoms with van der Waals surface area (Å²) in [6.45, 7) is -1.43. The average Bonchev–Trinajstić information content (AvgIpc) is 2.26. The van der Waals surface area contributed by atoms with E-state index in [0.717, 1.165) is 6.07 Å². The summed E-state index contributed by atoms with van der Waals surface area (Å²) in [5.74, 6) is -0.351. The van der Waals surface area contributed by atoms with Gasteiger partial charge in [0, 0.05) is 17.3 Å². The Morgan fingerprint density at radius 3 is 2.61 bits per heavy atom. The lowest BCUT2D eigenvalue weighted by atomic mass is 10.4. The summed E-state index contributed by atoms with van der Waals surface area (Å²) < 4.78 is 64.0. The van der Waals surface area contributed by atoms with Gasteiger partial charge >= 0.3 is 6.18 Å². The molecule has 7 heteroatoms. The SMILES string of the molecule is O=S(CCCOCC(F)(F)F)c1cccc(F)c1. The second-order valence-corrected chi connectivity index (χ2v) is 5.10. The minimum atomic E-state index is -4.35. The first kappa shape index (κ1) is 15.1. The van der Waals surface area contributed by atoms with Crippen molar-refractivity contribution in [2.45, 2.75) is 17.5 Å². The van der Waals surface area contributed by atoms with Crippen molar-refractivity contribution in [2.75, 3.05) is 19.0 Å². The molecule has 0 spiro atoms. The molecule has 0 aromatic heterocycles. The third-order valence-electron chi connectivity index (χ3n) is 1.94. The van der Waals surface area contributed by atoms with Crippen LogP contribution in [0.2, 0.25) is 0 Å². The lowest BCUT2D eigenvalue weighted by Gasteiger charge is -2.07. The number of alkyl halides is 3. The number of rotatable bonds is 6. The molecule has 0 radical (unpaired) electrons. The van der Waals surface area contributed by atoms with Crippen molar-refractivity contribution < 1.29 is 26.5 Å². The molecule has 0 heterocycles. The van der Waals surface area contributed by atoms with Gasteiger partial charge < -0.3 is 4.74 Å². The lowest BCUT2D eigenvalue weighted by Crippen LogP contribution is -2.17. The number of hydrogen-bond acceptors (Lipinski definition) is 2. The fraction of sp³-hybridized carbons (Fsp3) is 0.455. The van der Waals surface area contributed by atoms with E-state index in [1.54, 1.807) is 0 Å². The fourth-order valence-corrected chi connectivity index (χ4v) is 2.30. The topological polar surface area (TPSA) is 26.3 Å². The molecular weight excluding hydrogens is 272 g/mol. The molecule has 0 saturated carbocycles. The first-order valence-electron chi connectivity index (χ1n) is 5.17. The maximum absolute atomic E-state index is 12.8. The van der Waals surface area contributed by atoms with Gasteiger partial charge in [-0.25, -0.2) is 4.39 Å². The Morgan fingerprint density at radius 2 is 2.00 bits per heavy atom. The van der Waals surface area contributed by atoms with Crippen LogP contribution in [0.1, 0.15) is 6.42 Å². The van der Waals surface area contributed by atoms with Crippen molar-refractivity contribution in [3.05, 3.63) is 30.1 Å². The lowest BCUT2D eigenvalue weighted by molar-refractivity contribution is -0.173. The molecule has 1 aromatic rings. The van der Waals surface area contributed by atoms with Gasteiger partial charge in [0.05, 0.1) is 10.8 Å². The third kappa shape index (κ3) is 6.11. The second kappa shape index (κ2) is 6.84. The van der Waals surface area contributed by atoms with Crippen molar-refractivity contribution in [1.29, 1.82) is 0 Å². The molecule has 0 fully saturated rings. The third-order valence-corrected chi connectivity index (χ3v) is 3.38. The number of benzene rings is 1. The zero-order valence-electron chi connectivity index (χ0n) is 9.37. The molecule has 1 unspecified atom stereocenters. The molecular formula is C11H12F4O2S. The van der Waals surface area contributed by atoms with Crippen LogP contribution in [0, 0.1) is 5.82 Å². The normalized spacial score (nSPS) is 13.6. The van der Waals surface area contributed by atoms with Crippen LogP contribution in [0.15, 0.2) is 29.2 Å². The summed E-state index contributed by atoms with van der Waals surface area (Å²) in [6, 6.07) is 5.32. The number of hydrogen-bond donors (Lipinski definition) is 0. The van der Waals surface area contributed by atoms with Gasteiger partial charge in [-0.1, -0.05) is 6.07 Å². The molecule has 1 atom stereocenters. The first-order chi connectivity index (χ1) is 8.38. The molecule has 0 aliphatic rings. The maximum atomic E-state index is 12.8. The Bertz CT molecular complexity index is 406. The van der Waals surface area contributed by atoms with Crippen molar-refractivity contribution in [1.82, 2.24) is 0 Å². The highest BCUT2D eigenvalue weighted by Crippen LogP contribution is 2.14. The maximum Gasteiger partial charge on any atom is 0.411 e. The largest absolute Gasteiger partial charge is 0.411 e. The Labute approximate surface area is 104 Å². The average molecular weight is 284 g/mol. The molecule has 0 aliphatic heterocycles. The van der Waals surface area contributed by atoms with Crippen LogP contribution in [0.3, 0.4) is 0 Å². The molecule has 0 bridgehead atoms. The van der Waals surface area contributed by atoms with Crippen LogP contribution in [0.5, 0.6) is 0 Å². The Kier molecular flexibility index (Phi) is 5.74. The molecule has 2 nitrogen and oxygen atoms in total. The van der Waals surface area contributed by atoms with Gasteiger partial charge in [0.25, 0.3) is 0 Å². The van der Waals surface area contributed by atoms with Gasteiger partial charge in [0.1, 0.15) is 12.4 Å². The summed E-state index contributed by atoms with van der Waals surface area (Å²) in [5.41, 5.74) is 0. The van der Waals surface area contributed by atoms with E-state index in [-0.39, 0.29) is 18.8 Å². The predicted octanol–water partition coefficient (Wildman–Crippen LogP) is 2.90. The van der Waals surface area contributed by atoms with Crippen LogP contribution >= 0.6 is 0 Å². The highest BCUT2D eigenvalue weighted by molar-refractivity contribution is 7.85. The number of ether oxygens (including phenoxy) is 1. The van der Waals surface area contributed by atoms with Gasteiger partial charge in [0.2, 0.25) is 0 Å². The minimum absolute atomic E-state index is 0.124. The van der Waals surface area contributed by atoms with Gasteiger partial charge in [-0.2, -0.15) is 13.2 Å². The quantitative estimate of drug-likeness (QED) is 0.593. The summed E-state index contributed by atoms with van der Waals surface area (Å²) in [5, 5.41) is 0. The van der Waals surface area contributed by atoms with Crippen LogP contribution in [0.4, 0.5) is 17.6 Å². The molecule has 18 heavy (non-hydrogen) atoms. The molecule has 0 amide bonds. The summed E-state index contributed by atoms with van der Waals surface area (Å²) in [4.78, 5) is 0.325. The zero-order valence-corrected chi connectivity index (χ0v) is 10.2. The van der Waals surface area contributed by atoms with Crippen LogP contribution < -0.4 is 0 Å². The zero-order chi connectivity index (χ0) is 13.6. The fourth-order valence-electron chi connectivity index (χ4n) is 1.21. The summed E-state index contributed by atoms with van der Waals surface area (Å²) in [7, 11) is -1.42. The van der Waals surface area contributed by atoms with E-state index in [4.69, 9.17) is 0 Å². The summed E-state index contributed by atoms with van der Waals surface area (Å²) in [6.07, 6.45) is -4.12. The minimum Gasteiger partial charge on any atom is -0.372 e. The van der Waals surface area contributed by atoms with Crippen molar-refractivity contribution in [3.8, 4) is 0 Å². The van der Waals surface area contributed by atoms with E-state index < -0.39 is 29.4 Å². The molecule has 0 aliphatic carbocycles. The van der Waals surface area contributed by atoms with E-state index in [1.165, 1.54) is 18.2 Å². The summed E-state index contributed by atoms with van der Waals surface area (Å²) >= 11 is 0. The van der Waals surface area contributed by atoms with Gasteiger partial charge in [-0.15, -0.1) is 0 Å². The smallest absolute Gasteiger partial charge is 0.372 e. The molecule has 102 valence electrons. The Morgan fingerprint density at radius 1 is 1.28 bits per heavy atom. The van der Waals surface area contributed by atoms with Gasteiger partial charge in [-0.05, 0) is 24.6 Å².